The standard InChI is InChI=1S/C7H8N2O6S.Na/c1-15-7-5(16(12,13)14)3-2-4(6(7)8)9(10)11;/h2-3H,8H2,1H3,(H,12,13,14);/q;+1/p-1. The molecule has 2 N–H and O–H groups in total. The van der Waals surface area contributed by atoms with Gasteiger partial charge in [-0.2, -0.15) is 0 Å². The van der Waals surface area contributed by atoms with Gasteiger partial charge in [0, 0.05) is 6.07 Å². The van der Waals surface area contributed by atoms with Gasteiger partial charge in [0.25, 0.3) is 5.69 Å². The zero-order valence-electron chi connectivity index (χ0n) is 9.04. The molecule has 10 heteroatoms. The number of nitro benzene ring substituents is 1. The van der Waals surface area contributed by atoms with E-state index in [1.807, 2.05) is 0 Å². The van der Waals surface area contributed by atoms with Gasteiger partial charge in [-0.15, -0.1) is 0 Å². The zero-order chi connectivity index (χ0) is 12.5. The molecule has 0 bridgehead atoms. The summed E-state index contributed by atoms with van der Waals surface area (Å²) in [6.45, 7) is 0. The Balaban J connectivity index is 0.00000256. The van der Waals surface area contributed by atoms with Crippen molar-refractivity contribution in [3.8, 4) is 5.75 Å². The number of rotatable bonds is 3. The van der Waals surface area contributed by atoms with Crippen LogP contribution in [0.1, 0.15) is 0 Å². The van der Waals surface area contributed by atoms with Crippen molar-refractivity contribution in [2.75, 3.05) is 12.8 Å². The minimum Gasteiger partial charge on any atom is -0.744 e. The molecular formula is C7H7N2NaO6S. The Hall–Kier alpha value is -0.870. The van der Waals surface area contributed by atoms with Crippen molar-refractivity contribution in [1.29, 1.82) is 0 Å². The minimum absolute atomic E-state index is 0. The third kappa shape index (κ3) is 3.30. The van der Waals surface area contributed by atoms with Gasteiger partial charge in [-0.3, -0.25) is 10.1 Å². The Morgan fingerprint density at radius 1 is 1.41 bits per heavy atom. The Bertz CT molecular complexity index is 544. The number of hydrogen-bond acceptors (Lipinski definition) is 7. The summed E-state index contributed by atoms with van der Waals surface area (Å²) in [6.07, 6.45) is 0. The quantitative estimate of drug-likeness (QED) is 0.204. The smallest absolute Gasteiger partial charge is 0.744 e. The van der Waals surface area contributed by atoms with Crippen LogP contribution in [0.15, 0.2) is 17.0 Å². The summed E-state index contributed by atoms with van der Waals surface area (Å²) in [5.41, 5.74) is 4.30. The van der Waals surface area contributed by atoms with E-state index in [0.717, 1.165) is 19.2 Å². The fourth-order valence-corrected chi connectivity index (χ4v) is 1.79. The first-order chi connectivity index (χ1) is 7.29. The van der Waals surface area contributed by atoms with Gasteiger partial charge in [0.2, 0.25) is 0 Å². The summed E-state index contributed by atoms with van der Waals surface area (Å²) in [6, 6.07) is 1.62. The zero-order valence-corrected chi connectivity index (χ0v) is 11.9. The van der Waals surface area contributed by atoms with Gasteiger partial charge >= 0.3 is 29.6 Å². The van der Waals surface area contributed by atoms with E-state index in [1.165, 1.54) is 0 Å². The number of methoxy groups -OCH3 is 1. The summed E-state index contributed by atoms with van der Waals surface area (Å²) >= 11 is 0. The molecule has 0 fully saturated rings. The maximum atomic E-state index is 10.8. The average molecular weight is 270 g/mol. The largest absolute Gasteiger partial charge is 1.00 e. The Labute approximate surface area is 119 Å². The van der Waals surface area contributed by atoms with Gasteiger partial charge in [-0.05, 0) is 6.07 Å². The van der Waals surface area contributed by atoms with Crippen LogP contribution in [-0.4, -0.2) is 25.0 Å². The van der Waals surface area contributed by atoms with Crippen LogP contribution in [0.25, 0.3) is 0 Å². The molecule has 1 aromatic carbocycles. The summed E-state index contributed by atoms with van der Waals surface area (Å²) < 4.78 is 36.9. The molecule has 0 unspecified atom stereocenters. The molecule has 0 heterocycles. The topological polar surface area (TPSA) is 136 Å². The van der Waals surface area contributed by atoms with E-state index in [-0.39, 0.29) is 29.6 Å². The van der Waals surface area contributed by atoms with Crippen molar-refractivity contribution in [3.05, 3.63) is 22.2 Å². The molecule has 0 saturated carbocycles. The number of nitrogens with two attached hydrogens (primary N) is 1. The number of nitro groups is 1. The number of nitrogen functional groups attached to an aromatic ring is 1. The maximum absolute atomic E-state index is 10.8. The number of hydrogen-bond donors (Lipinski definition) is 1. The van der Waals surface area contributed by atoms with Crippen LogP contribution in [0, 0.1) is 10.1 Å². The Morgan fingerprint density at radius 2 is 1.94 bits per heavy atom. The molecule has 0 atom stereocenters. The summed E-state index contributed by atoms with van der Waals surface area (Å²) in [7, 11) is -3.73. The first-order valence-corrected chi connectivity index (χ1v) is 5.26. The van der Waals surface area contributed by atoms with E-state index in [9.17, 15) is 23.1 Å². The van der Waals surface area contributed by atoms with E-state index >= 15 is 0 Å². The molecule has 0 aliphatic rings. The second-order valence-electron chi connectivity index (χ2n) is 2.74. The van der Waals surface area contributed by atoms with Gasteiger partial charge in [0.1, 0.15) is 10.1 Å². The SMILES string of the molecule is COc1c(S(=O)(=O)[O-])ccc([N+](=O)[O-])c1N.[Na+]. The van der Waals surface area contributed by atoms with E-state index in [0.29, 0.717) is 0 Å². The van der Waals surface area contributed by atoms with Crippen molar-refractivity contribution in [3.63, 3.8) is 0 Å². The van der Waals surface area contributed by atoms with Gasteiger partial charge in [-0.25, -0.2) is 8.42 Å². The fourth-order valence-electron chi connectivity index (χ4n) is 1.14. The van der Waals surface area contributed by atoms with E-state index in [1.54, 1.807) is 0 Å². The van der Waals surface area contributed by atoms with Crippen molar-refractivity contribution in [1.82, 2.24) is 0 Å². The van der Waals surface area contributed by atoms with Crippen molar-refractivity contribution >= 4 is 21.5 Å². The molecule has 0 radical (unpaired) electrons. The minimum atomic E-state index is -4.79. The van der Waals surface area contributed by atoms with Gasteiger partial charge in [0.05, 0.1) is 16.9 Å². The summed E-state index contributed by atoms with van der Waals surface area (Å²) in [5, 5.41) is 10.5. The predicted octanol–water partition coefficient (Wildman–Crippen LogP) is -2.91. The van der Waals surface area contributed by atoms with Crippen LogP contribution in [0.4, 0.5) is 11.4 Å². The van der Waals surface area contributed by atoms with Gasteiger partial charge < -0.3 is 15.0 Å². The second-order valence-corrected chi connectivity index (χ2v) is 4.09. The molecule has 0 saturated heterocycles. The second kappa shape index (κ2) is 5.65. The van der Waals surface area contributed by atoms with E-state index < -0.39 is 37.1 Å². The van der Waals surface area contributed by atoms with Crippen LogP contribution >= 0.6 is 0 Å². The average Bonchev–Trinajstić information content (AvgIpc) is 2.15. The van der Waals surface area contributed by atoms with Crippen molar-refractivity contribution in [2.45, 2.75) is 4.90 Å². The summed E-state index contributed by atoms with van der Waals surface area (Å²) in [4.78, 5) is 8.96. The third-order valence-electron chi connectivity index (χ3n) is 1.81. The number of benzene rings is 1. The molecular weight excluding hydrogens is 263 g/mol. The van der Waals surface area contributed by atoms with E-state index in [2.05, 4.69) is 4.74 Å². The van der Waals surface area contributed by atoms with Crippen molar-refractivity contribution in [2.24, 2.45) is 0 Å². The molecule has 1 rings (SSSR count). The molecule has 0 aliphatic heterocycles. The Morgan fingerprint density at radius 3 is 2.29 bits per heavy atom. The molecule has 8 nitrogen and oxygen atoms in total. The van der Waals surface area contributed by atoms with E-state index in [4.69, 9.17) is 5.73 Å². The normalized spacial score (nSPS) is 10.5. The van der Waals surface area contributed by atoms with Crippen LogP contribution in [0.5, 0.6) is 5.75 Å². The van der Waals surface area contributed by atoms with Crippen molar-refractivity contribution < 1.29 is 52.2 Å². The molecule has 0 spiro atoms. The third-order valence-corrected chi connectivity index (χ3v) is 2.67. The molecule has 0 aromatic heterocycles. The molecule has 0 aliphatic carbocycles. The Kier molecular flexibility index (Phi) is 5.36. The molecule has 0 amide bonds. The number of ether oxygens (including phenoxy) is 1. The van der Waals surface area contributed by atoms with Gasteiger partial charge in [-0.1, -0.05) is 0 Å². The number of anilines is 1. The van der Waals surface area contributed by atoms with Crippen LogP contribution in [0.3, 0.4) is 0 Å². The maximum Gasteiger partial charge on any atom is 1.00 e. The monoisotopic (exact) mass is 270 g/mol. The predicted molar refractivity (Wildman–Crippen MR) is 52.0 cm³/mol. The van der Waals surface area contributed by atoms with Crippen LogP contribution in [0.2, 0.25) is 0 Å². The van der Waals surface area contributed by atoms with Gasteiger partial charge in [0.15, 0.2) is 11.4 Å². The fraction of sp³-hybridized carbons (Fsp3) is 0.143. The molecule has 88 valence electrons. The first-order valence-electron chi connectivity index (χ1n) is 3.85. The molecule has 17 heavy (non-hydrogen) atoms. The van der Waals surface area contributed by atoms with Crippen LogP contribution < -0.4 is 40.0 Å². The number of nitrogens with zero attached hydrogens (tertiary/aromatic N) is 1. The molecule has 1 aromatic rings. The first kappa shape index (κ1) is 16.1. The van der Waals surface area contributed by atoms with Crippen LogP contribution in [-0.2, 0) is 10.1 Å². The summed E-state index contributed by atoms with van der Waals surface area (Å²) in [5.74, 6) is -0.510.